The van der Waals surface area contributed by atoms with Gasteiger partial charge >= 0.3 is 5.97 Å². The first-order chi connectivity index (χ1) is 38.9. The van der Waals surface area contributed by atoms with Gasteiger partial charge in [-0.15, -0.1) is 0 Å². The standard InChI is InChI=1S/C53H70N2O23S5/c1-5-54-43-16-14-39-41(33-37(80(61,62)63)35-45(39)82(67,68)69)50(43)53(3,19-21-74-24-25-76-28-29-78-31-30-77-27-26-75-23-22-73-4)47(54)11-9-12-48-52(2,18-10-32-79(58,59)60)51-42-34-38(81(64,65)66)36-46(83(70,71)72)40(42)15-17-44(51)55(48)20-8-6-7-13-49(56)57/h9,11-12,14-17,33-36H,5-8,10,13,18-32H2,1-4H3,(H5-,56,57,58,59,60,61,62,63,64,65,66,67,68,69,70,71,72)/p+1. The number of benzene rings is 4. The lowest BCUT2D eigenvalue weighted by Crippen LogP contribution is -2.32. The van der Waals surface area contributed by atoms with Crippen molar-refractivity contribution in [3.63, 3.8) is 0 Å². The molecule has 0 aliphatic carbocycles. The van der Waals surface area contributed by atoms with Crippen LogP contribution in [0.15, 0.2) is 92.0 Å². The van der Waals surface area contributed by atoms with E-state index in [0.29, 0.717) is 99.4 Å². The third kappa shape index (κ3) is 16.8. The van der Waals surface area contributed by atoms with Gasteiger partial charge in [-0.3, -0.25) is 27.6 Å². The quantitative estimate of drug-likeness (QED) is 0.0174. The summed E-state index contributed by atoms with van der Waals surface area (Å²) in [6.45, 7) is 9.08. The molecule has 0 radical (unpaired) electrons. The number of aliphatic carboxylic acids is 1. The number of methoxy groups -OCH3 is 1. The molecule has 2 unspecified atom stereocenters. The summed E-state index contributed by atoms with van der Waals surface area (Å²) < 4.78 is 213. The molecule has 0 spiro atoms. The lowest BCUT2D eigenvalue weighted by Gasteiger charge is -2.30. The van der Waals surface area contributed by atoms with Gasteiger partial charge in [-0.2, -0.15) is 46.7 Å². The molecule has 4 aromatic rings. The van der Waals surface area contributed by atoms with Crippen molar-refractivity contribution in [2.45, 2.75) is 96.1 Å². The Morgan fingerprint density at radius 2 is 1.07 bits per heavy atom. The largest absolute Gasteiger partial charge is 0.481 e. The van der Waals surface area contributed by atoms with E-state index in [1.807, 2.05) is 23.3 Å². The molecule has 25 nitrogen and oxygen atoms in total. The summed E-state index contributed by atoms with van der Waals surface area (Å²) in [5.74, 6) is -1.74. The summed E-state index contributed by atoms with van der Waals surface area (Å²) in [5.41, 5.74) is -0.0929. The van der Waals surface area contributed by atoms with Gasteiger partial charge in [-0.25, -0.2) is 0 Å². The van der Waals surface area contributed by atoms with Crippen molar-refractivity contribution in [3.05, 3.63) is 83.6 Å². The van der Waals surface area contributed by atoms with Crippen molar-refractivity contribution >= 4 is 95.2 Å². The molecule has 460 valence electrons. The van der Waals surface area contributed by atoms with Crippen LogP contribution in [0, 0.1) is 0 Å². The minimum Gasteiger partial charge on any atom is -0.481 e. The average molecular weight is 1260 g/mol. The number of carboxylic acids is 1. The molecule has 6 N–H and O–H groups in total. The van der Waals surface area contributed by atoms with E-state index in [2.05, 4.69) is 0 Å². The van der Waals surface area contributed by atoms with E-state index in [9.17, 15) is 74.8 Å². The summed E-state index contributed by atoms with van der Waals surface area (Å²) in [6.07, 6.45) is 5.86. The Bertz CT molecular complexity index is 3720. The molecule has 2 aliphatic heterocycles. The van der Waals surface area contributed by atoms with Crippen LogP contribution in [-0.4, -0.2) is 185 Å². The maximum Gasteiger partial charge on any atom is 0.303 e. The van der Waals surface area contributed by atoms with E-state index in [0.717, 1.165) is 12.1 Å². The normalized spacial score (nSPS) is 18.4. The Kier molecular flexibility index (Phi) is 22.8. The summed E-state index contributed by atoms with van der Waals surface area (Å²) in [4.78, 5) is 10.0. The molecular formula is C53H71N2O23S5+. The fourth-order valence-corrected chi connectivity index (χ4v) is 14.0. The number of hydrogen-bond acceptors (Lipinski definition) is 18. The monoisotopic (exact) mass is 1260 g/mol. The zero-order chi connectivity index (χ0) is 61.2. The van der Waals surface area contributed by atoms with E-state index in [1.165, 1.54) is 18.2 Å². The minimum atomic E-state index is -5.17. The fourth-order valence-electron chi connectivity index (χ4n) is 10.8. The summed E-state index contributed by atoms with van der Waals surface area (Å²) in [5, 5.41) is 9.17. The number of carbonyl (C=O) groups is 1. The molecule has 6 rings (SSSR count). The first-order valence-electron chi connectivity index (χ1n) is 26.4. The van der Waals surface area contributed by atoms with Crippen molar-refractivity contribution in [1.82, 2.24) is 0 Å². The minimum absolute atomic E-state index is 0.0405. The average Bonchev–Trinajstić information content (AvgIpc) is 1.75. The van der Waals surface area contributed by atoms with Gasteiger partial charge in [-0.05, 0) is 112 Å². The van der Waals surface area contributed by atoms with Crippen molar-refractivity contribution in [2.24, 2.45) is 0 Å². The molecule has 83 heavy (non-hydrogen) atoms. The Hall–Kier alpha value is -4.87. The second kappa shape index (κ2) is 28.1. The van der Waals surface area contributed by atoms with Crippen LogP contribution < -0.4 is 4.90 Å². The topological polar surface area (TPSA) is 371 Å². The van der Waals surface area contributed by atoms with E-state index in [-0.39, 0.29) is 98.9 Å². The molecular weight excluding hydrogens is 1190 g/mol. The number of carboxylic acid groups (broad SMARTS) is 1. The molecule has 0 saturated heterocycles. The molecule has 30 heteroatoms. The number of likely N-dealkylation sites (N-methyl/N-ethyl adjacent to an activating group) is 1. The number of ether oxygens (including phenoxy) is 6. The number of anilines is 1. The Morgan fingerprint density at radius 1 is 0.578 bits per heavy atom. The first kappa shape index (κ1) is 67.3. The highest BCUT2D eigenvalue weighted by Gasteiger charge is 2.50. The fraction of sp³-hybridized carbons (Fsp3) is 0.509. The Labute approximate surface area is 483 Å². The van der Waals surface area contributed by atoms with Crippen LogP contribution in [0.2, 0.25) is 0 Å². The van der Waals surface area contributed by atoms with Gasteiger partial charge < -0.3 is 38.4 Å². The lowest BCUT2D eigenvalue weighted by atomic mass is 9.74. The number of rotatable bonds is 35. The number of hydrogen-bond donors (Lipinski definition) is 6. The van der Waals surface area contributed by atoms with Crippen LogP contribution in [-0.2, 0) is 94.6 Å². The molecule has 0 aromatic heterocycles. The predicted molar refractivity (Wildman–Crippen MR) is 304 cm³/mol. The smallest absolute Gasteiger partial charge is 0.303 e. The molecule has 0 amide bonds. The van der Waals surface area contributed by atoms with Gasteiger partial charge in [0.2, 0.25) is 5.69 Å². The molecule has 0 fully saturated rings. The maximum absolute atomic E-state index is 12.9. The van der Waals surface area contributed by atoms with Crippen LogP contribution in [0.3, 0.4) is 0 Å². The lowest BCUT2D eigenvalue weighted by molar-refractivity contribution is -0.438. The summed E-state index contributed by atoms with van der Waals surface area (Å²) >= 11 is 0. The highest BCUT2D eigenvalue weighted by atomic mass is 32.2. The number of nitrogens with zero attached hydrogens (tertiary/aromatic N) is 2. The molecule has 0 saturated carbocycles. The van der Waals surface area contributed by atoms with Crippen LogP contribution >= 0.6 is 0 Å². The van der Waals surface area contributed by atoms with Crippen LogP contribution in [0.25, 0.3) is 21.5 Å². The van der Waals surface area contributed by atoms with Crippen LogP contribution in [0.4, 0.5) is 11.4 Å². The van der Waals surface area contributed by atoms with Gasteiger partial charge in [0.25, 0.3) is 50.6 Å². The van der Waals surface area contributed by atoms with Crippen molar-refractivity contribution in [1.29, 1.82) is 0 Å². The highest BCUT2D eigenvalue weighted by Crippen LogP contribution is 2.54. The second-order valence-electron chi connectivity index (χ2n) is 20.1. The Balaban J connectivity index is 1.45. The summed E-state index contributed by atoms with van der Waals surface area (Å²) in [6, 6.07) is 9.31. The van der Waals surface area contributed by atoms with Crippen LogP contribution in [0.1, 0.15) is 76.8 Å². The van der Waals surface area contributed by atoms with E-state index < -0.39 is 92.7 Å². The zero-order valence-corrected chi connectivity index (χ0v) is 50.3. The predicted octanol–water partition coefficient (Wildman–Crippen LogP) is 6.01. The first-order valence-corrected chi connectivity index (χ1v) is 33.7. The van der Waals surface area contributed by atoms with Gasteiger partial charge in [0.1, 0.15) is 16.3 Å². The zero-order valence-electron chi connectivity index (χ0n) is 46.3. The van der Waals surface area contributed by atoms with Crippen LogP contribution in [0.5, 0.6) is 0 Å². The number of unbranched alkanes of at least 4 members (excludes halogenated alkanes) is 2. The molecule has 2 aliphatic rings. The molecule has 2 heterocycles. The third-order valence-electron chi connectivity index (χ3n) is 14.5. The second-order valence-corrected chi connectivity index (χ2v) is 27.3. The number of fused-ring (bicyclic) bond motifs is 6. The highest BCUT2D eigenvalue weighted by molar-refractivity contribution is 7.87. The molecule has 0 bridgehead atoms. The maximum atomic E-state index is 12.9. The van der Waals surface area contributed by atoms with Crippen molar-refractivity contribution < 1.29 is 108 Å². The van der Waals surface area contributed by atoms with E-state index >= 15 is 0 Å². The molecule has 2 atom stereocenters. The SMILES string of the molecule is CCN1C(=CC=CC2=[N+](CCCCCC(=O)O)c3ccc4c(S(=O)(=O)O)cc(S(=O)(=O)O)cc4c3C2(C)CCCS(=O)(=O)O)C(C)(CCOCCOCCOCCOCCOCCOC)c2c1ccc1c(S(=O)(=O)O)cc(S(=O)(=O)O)cc21. The summed E-state index contributed by atoms with van der Waals surface area (Å²) in [7, 11) is -23.5. The molecule has 4 aromatic carbocycles. The van der Waals surface area contributed by atoms with E-state index in [1.54, 1.807) is 38.3 Å². The Morgan fingerprint density at radius 3 is 1.54 bits per heavy atom. The van der Waals surface area contributed by atoms with Crippen molar-refractivity contribution in [2.75, 3.05) is 104 Å². The number of allylic oxidation sites excluding steroid dienone is 4. The van der Waals surface area contributed by atoms with Crippen molar-refractivity contribution in [3.8, 4) is 0 Å². The van der Waals surface area contributed by atoms with Gasteiger partial charge in [0.15, 0.2) is 5.71 Å². The van der Waals surface area contributed by atoms with E-state index in [4.69, 9.17) is 28.4 Å². The van der Waals surface area contributed by atoms with Gasteiger partial charge in [-0.1, -0.05) is 12.1 Å². The van der Waals surface area contributed by atoms with Gasteiger partial charge in [0, 0.05) is 78.4 Å². The third-order valence-corrected chi connectivity index (χ3v) is 18.7. The van der Waals surface area contributed by atoms with Gasteiger partial charge in [0.05, 0.1) is 87.0 Å².